The average Bonchev–Trinajstić information content (AvgIpc) is 2.85. The van der Waals surface area contributed by atoms with Crippen molar-refractivity contribution in [3.8, 4) is 0 Å². The molecule has 0 bridgehead atoms. The molecule has 3 aliphatic heterocycles. The van der Waals surface area contributed by atoms with Crippen LogP contribution in [0.3, 0.4) is 0 Å². The monoisotopic (exact) mass is 518 g/mol. The molecular formula is C27H39ClN4O2S. The second-order valence-electron chi connectivity index (χ2n) is 9.83. The Bertz CT molecular complexity index is 1010. The Morgan fingerprint density at radius 2 is 1.63 bits per heavy atom. The molecule has 35 heavy (non-hydrogen) atoms. The van der Waals surface area contributed by atoms with Gasteiger partial charge in [0.05, 0.1) is 11.4 Å². The standard InChI is InChI=1S/C27H36N4OS.ClH.H2O/c1-21-10-11-25-23(20-21)31(22-8-3-4-9-24(22)33-25)17-7-14-29-18-12-27(13-19-29,26(28)32)30-15-5-2-6-16-30;;/h3-4,8-11,20H,2,5-7,12-19H2,1H3,(H2,28,32);1H;1H2. The highest BCUT2D eigenvalue weighted by Crippen LogP contribution is 2.48. The number of carbonyl (C=O) groups excluding carboxylic acids is 1. The Labute approximate surface area is 219 Å². The fraction of sp³-hybridized carbons (Fsp3) is 0.519. The molecule has 6 nitrogen and oxygen atoms in total. The van der Waals surface area contributed by atoms with Crippen LogP contribution >= 0.6 is 24.2 Å². The minimum absolute atomic E-state index is 0. The number of halogens is 1. The van der Waals surface area contributed by atoms with Crippen LogP contribution in [0, 0.1) is 6.92 Å². The first-order chi connectivity index (χ1) is 16.1. The maximum absolute atomic E-state index is 12.5. The smallest absolute Gasteiger partial charge is 0.238 e. The van der Waals surface area contributed by atoms with E-state index in [4.69, 9.17) is 5.73 Å². The number of hydrogen-bond donors (Lipinski definition) is 1. The zero-order valence-electron chi connectivity index (χ0n) is 20.7. The van der Waals surface area contributed by atoms with Crippen LogP contribution in [-0.2, 0) is 4.79 Å². The number of likely N-dealkylation sites (tertiary alicyclic amines) is 2. The molecule has 3 aliphatic rings. The van der Waals surface area contributed by atoms with Crippen molar-refractivity contribution in [3.63, 3.8) is 0 Å². The van der Waals surface area contributed by atoms with Gasteiger partial charge >= 0.3 is 0 Å². The lowest BCUT2D eigenvalue weighted by Crippen LogP contribution is -2.63. The molecule has 1 amide bonds. The maximum Gasteiger partial charge on any atom is 0.238 e. The second-order valence-corrected chi connectivity index (χ2v) is 10.9. The fourth-order valence-electron chi connectivity index (χ4n) is 5.82. The Balaban J connectivity index is 0.00000171. The zero-order valence-corrected chi connectivity index (χ0v) is 22.3. The van der Waals surface area contributed by atoms with Crippen molar-refractivity contribution in [3.05, 3.63) is 48.0 Å². The van der Waals surface area contributed by atoms with Crippen LogP contribution in [0.1, 0.15) is 44.1 Å². The number of primary amides is 1. The number of rotatable bonds is 6. The number of carbonyl (C=O) groups is 1. The summed E-state index contributed by atoms with van der Waals surface area (Å²) in [5.41, 5.74) is 9.50. The number of anilines is 2. The van der Waals surface area contributed by atoms with E-state index in [1.54, 1.807) is 0 Å². The summed E-state index contributed by atoms with van der Waals surface area (Å²) in [5, 5.41) is 0. The number of aryl methyl sites for hydroxylation is 1. The van der Waals surface area contributed by atoms with Gasteiger partial charge in [-0.3, -0.25) is 9.69 Å². The number of hydrogen-bond acceptors (Lipinski definition) is 5. The minimum atomic E-state index is -0.420. The Morgan fingerprint density at radius 3 is 2.34 bits per heavy atom. The Hall–Kier alpha value is -1.77. The molecule has 192 valence electrons. The molecule has 0 radical (unpaired) electrons. The largest absolute Gasteiger partial charge is 0.412 e. The summed E-state index contributed by atoms with van der Waals surface area (Å²) < 4.78 is 0. The molecule has 4 N–H and O–H groups in total. The van der Waals surface area contributed by atoms with Gasteiger partial charge in [-0.2, -0.15) is 0 Å². The molecule has 5 rings (SSSR count). The van der Waals surface area contributed by atoms with E-state index >= 15 is 0 Å². The molecule has 3 heterocycles. The van der Waals surface area contributed by atoms with Gasteiger partial charge in [-0.1, -0.05) is 36.4 Å². The van der Waals surface area contributed by atoms with Gasteiger partial charge in [0.1, 0.15) is 5.54 Å². The summed E-state index contributed by atoms with van der Waals surface area (Å²) in [5.74, 6) is -0.113. The predicted molar refractivity (Wildman–Crippen MR) is 147 cm³/mol. The quantitative estimate of drug-likeness (QED) is 0.613. The fourth-order valence-corrected chi connectivity index (χ4v) is 6.90. The van der Waals surface area contributed by atoms with Gasteiger partial charge in [0.15, 0.2) is 0 Å². The molecule has 0 atom stereocenters. The van der Waals surface area contributed by atoms with Gasteiger partial charge < -0.3 is 21.0 Å². The van der Waals surface area contributed by atoms with E-state index in [1.165, 1.54) is 46.0 Å². The Kier molecular flexibility index (Phi) is 9.52. The second kappa shape index (κ2) is 12.0. The number of nitrogens with zero attached hydrogens (tertiary/aromatic N) is 3. The van der Waals surface area contributed by atoms with Crippen molar-refractivity contribution in [1.82, 2.24) is 9.80 Å². The van der Waals surface area contributed by atoms with Gasteiger partial charge in [0.25, 0.3) is 0 Å². The molecule has 0 aliphatic carbocycles. The van der Waals surface area contributed by atoms with Gasteiger partial charge in [0, 0.05) is 29.4 Å². The van der Waals surface area contributed by atoms with Crippen LogP contribution in [-0.4, -0.2) is 66.0 Å². The van der Waals surface area contributed by atoms with Crippen LogP contribution in [0.2, 0.25) is 0 Å². The molecule has 2 fully saturated rings. The molecule has 0 spiro atoms. The van der Waals surface area contributed by atoms with E-state index in [2.05, 4.69) is 64.1 Å². The van der Waals surface area contributed by atoms with Crippen LogP contribution < -0.4 is 10.6 Å². The minimum Gasteiger partial charge on any atom is -0.412 e. The summed E-state index contributed by atoms with van der Waals surface area (Å²) >= 11 is 1.87. The van der Waals surface area contributed by atoms with Crippen molar-refractivity contribution in [2.24, 2.45) is 5.73 Å². The van der Waals surface area contributed by atoms with E-state index in [0.29, 0.717) is 0 Å². The molecule has 0 saturated carbocycles. The number of benzene rings is 2. The van der Waals surface area contributed by atoms with Gasteiger partial charge in [0.2, 0.25) is 5.91 Å². The first-order valence-corrected chi connectivity index (χ1v) is 13.3. The maximum atomic E-state index is 12.5. The van der Waals surface area contributed by atoms with E-state index < -0.39 is 5.54 Å². The van der Waals surface area contributed by atoms with E-state index in [9.17, 15) is 4.79 Å². The molecule has 2 saturated heterocycles. The van der Waals surface area contributed by atoms with Crippen molar-refractivity contribution in [2.75, 3.05) is 44.2 Å². The average molecular weight is 519 g/mol. The zero-order chi connectivity index (χ0) is 22.8. The molecule has 2 aromatic rings. The van der Waals surface area contributed by atoms with E-state index in [0.717, 1.165) is 58.5 Å². The molecule has 8 heteroatoms. The first kappa shape index (κ1) is 27.8. The van der Waals surface area contributed by atoms with E-state index in [1.807, 2.05) is 11.8 Å². The number of amides is 1. The molecule has 2 aromatic carbocycles. The first-order valence-electron chi connectivity index (χ1n) is 12.5. The third-order valence-electron chi connectivity index (χ3n) is 7.74. The highest BCUT2D eigenvalue weighted by atomic mass is 35.5. The normalized spacial score (nSPS) is 19.6. The Morgan fingerprint density at radius 1 is 0.943 bits per heavy atom. The number of piperidine rings is 2. The highest BCUT2D eigenvalue weighted by molar-refractivity contribution is 7.99. The number of para-hydroxylation sites is 1. The third kappa shape index (κ3) is 5.65. The molecule has 0 aromatic heterocycles. The summed E-state index contributed by atoms with van der Waals surface area (Å²) in [6, 6.07) is 15.5. The summed E-state index contributed by atoms with van der Waals surface area (Å²) in [6.07, 6.45) is 6.49. The molecule has 0 unspecified atom stereocenters. The molecular weight excluding hydrogens is 480 g/mol. The summed E-state index contributed by atoms with van der Waals surface area (Å²) in [7, 11) is 0. The third-order valence-corrected chi connectivity index (χ3v) is 8.87. The SMILES string of the molecule is Cc1ccc2c(c1)N(CCCN1CCC(C(N)=O)(N3CCCCC3)CC1)c1ccccc1S2.Cl.O. The van der Waals surface area contributed by atoms with Gasteiger partial charge in [-0.25, -0.2) is 0 Å². The summed E-state index contributed by atoms with van der Waals surface area (Å²) in [6.45, 7) is 8.19. The highest BCUT2D eigenvalue weighted by Gasteiger charge is 2.44. The number of fused-ring (bicyclic) bond motifs is 2. The van der Waals surface area contributed by atoms with Crippen molar-refractivity contribution < 1.29 is 10.3 Å². The van der Waals surface area contributed by atoms with Crippen molar-refractivity contribution >= 4 is 41.5 Å². The predicted octanol–water partition coefficient (Wildman–Crippen LogP) is 4.39. The summed E-state index contributed by atoms with van der Waals surface area (Å²) in [4.78, 5) is 22.6. The van der Waals surface area contributed by atoms with Gasteiger partial charge in [-0.15, -0.1) is 12.4 Å². The van der Waals surface area contributed by atoms with Crippen LogP contribution in [0.4, 0.5) is 11.4 Å². The number of nitrogens with two attached hydrogens (primary N) is 1. The topological polar surface area (TPSA) is 84.3 Å². The van der Waals surface area contributed by atoms with E-state index in [-0.39, 0.29) is 23.8 Å². The lowest BCUT2D eigenvalue weighted by atomic mass is 9.83. The van der Waals surface area contributed by atoms with Crippen LogP contribution in [0.25, 0.3) is 0 Å². The van der Waals surface area contributed by atoms with Crippen molar-refractivity contribution in [1.29, 1.82) is 0 Å². The van der Waals surface area contributed by atoms with Crippen LogP contribution in [0.15, 0.2) is 52.3 Å². The van der Waals surface area contributed by atoms with Crippen LogP contribution in [0.5, 0.6) is 0 Å². The van der Waals surface area contributed by atoms with Crippen molar-refractivity contribution in [2.45, 2.75) is 60.8 Å². The van der Waals surface area contributed by atoms with Gasteiger partial charge in [-0.05, 0) is 88.5 Å². The lowest BCUT2D eigenvalue weighted by Gasteiger charge is -2.48. The lowest BCUT2D eigenvalue weighted by molar-refractivity contribution is -0.134.